The SMILES string of the molecule is COc1ccc(C(NC(C)(C)c2ccccc2)c2cccc(Nc3c(OC(C)(C)C)c(=O)c3=O)c2)cc1. The van der Waals surface area contributed by atoms with E-state index in [9.17, 15) is 9.59 Å². The lowest BCUT2D eigenvalue weighted by Crippen LogP contribution is -2.40. The minimum atomic E-state index is -0.601. The second-order valence-corrected chi connectivity index (χ2v) is 10.7. The fraction of sp³-hybridized carbons (Fsp3) is 0.290. The number of methoxy groups -OCH3 is 1. The zero-order chi connectivity index (χ0) is 26.8. The number of hydrogen-bond acceptors (Lipinski definition) is 6. The Morgan fingerprint density at radius 3 is 2.05 bits per heavy atom. The summed E-state index contributed by atoms with van der Waals surface area (Å²) < 4.78 is 11.1. The van der Waals surface area contributed by atoms with Crippen LogP contribution >= 0.6 is 0 Å². The monoisotopic (exact) mass is 498 g/mol. The molecule has 0 fully saturated rings. The van der Waals surface area contributed by atoms with Crippen LogP contribution in [0.15, 0.2) is 88.5 Å². The van der Waals surface area contributed by atoms with Gasteiger partial charge in [-0.05, 0) is 75.6 Å². The highest BCUT2D eigenvalue weighted by Crippen LogP contribution is 2.33. The Bertz CT molecular complexity index is 1430. The molecule has 0 bridgehead atoms. The molecule has 0 aliphatic heterocycles. The molecular weight excluding hydrogens is 464 g/mol. The molecule has 0 aliphatic rings. The van der Waals surface area contributed by atoms with E-state index in [-0.39, 0.29) is 23.0 Å². The van der Waals surface area contributed by atoms with Gasteiger partial charge >= 0.3 is 0 Å². The van der Waals surface area contributed by atoms with Crippen LogP contribution in [-0.4, -0.2) is 12.7 Å². The number of hydrogen-bond donors (Lipinski definition) is 2. The van der Waals surface area contributed by atoms with Crippen LogP contribution in [-0.2, 0) is 5.54 Å². The molecule has 192 valence electrons. The van der Waals surface area contributed by atoms with Crippen molar-refractivity contribution in [3.63, 3.8) is 0 Å². The van der Waals surface area contributed by atoms with Gasteiger partial charge in [0.2, 0.25) is 0 Å². The lowest BCUT2D eigenvalue weighted by atomic mass is 9.89. The third-order valence-corrected chi connectivity index (χ3v) is 6.21. The topological polar surface area (TPSA) is 76.7 Å². The molecule has 6 nitrogen and oxygen atoms in total. The third-order valence-electron chi connectivity index (χ3n) is 6.21. The van der Waals surface area contributed by atoms with Crippen molar-refractivity contribution in [1.82, 2.24) is 5.32 Å². The van der Waals surface area contributed by atoms with Crippen LogP contribution in [0.1, 0.15) is 57.4 Å². The van der Waals surface area contributed by atoms with E-state index in [1.165, 1.54) is 0 Å². The third kappa shape index (κ3) is 5.92. The highest BCUT2D eigenvalue weighted by molar-refractivity contribution is 5.70. The lowest BCUT2D eigenvalue weighted by Gasteiger charge is -2.33. The van der Waals surface area contributed by atoms with E-state index in [2.05, 4.69) is 36.6 Å². The second kappa shape index (κ2) is 10.2. The molecule has 0 radical (unpaired) electrons. The van der Waals surface area contributed by atoms with E-state index in [4.69, 9.17) is 9.47 Å². The summed E-state index contributed by atoms with van der Waals surface area (Å²) in [5, 5.41) is 6.94. The van der Waals surface area contributed by atoms with E-state index in [0.717, 1.165) is 22.4 Å². The fourth-order valence-electron chi connectivity index (χ4n) is 4.28. The predicted molar refractivity (Wildman–Crippen MR) is 149 cm³/mol. The molecule has 0 spiro atoms. The molecule has 0 aliphatic carbocycles. The van der Waals surface area contributed by atoms with Gasteiger partial charge in [-0.3, -0.25) is 14.9 Å². The van der Waals surface area contributed by atoms with Gasteiger partial charge in [0, 0.05) is 11.2 Å². The molecule has 0 heterocycles. The van der Waals surface area contributed by atoms with E-state index in [1.54, 1.807) is 7.11 Å². The van der Waals surface area contributed by atoms with Crippen molar-refractivity contribution in [3.8, 4) is 11.5 Å². The van der Waals surface area contributed by atoms with Crippen molar-refractivity contribution in [2.45, 2.75) is 51.8 Å². The first-order valence-electron chi connectivity index (χ1n) is 12.3. The zero-order valence-electron chi connectivity index (χ0n) is 22.2. The Morgan fingerprint density at radius 2 is 1.43 bits per heavy atom. The van der Waals surface area contributed by atoms with Gasteiger partial charge in [-0.2, -0.15) is 0 Å². The van der Waals surface area contributed by atoms with Crippen LogP contribution in [0, 0.1) is 0 Å². The van der Waals surface area contributed by atoms with Crippen molar-refractivity contribution >= 4 is 11.4 Å². The smallest absolute Gasteiger partial charge is 0.272 e. The maximum absolute atomic E-state index is 12.3. The molecule has 4 aromatic carbocycles. The average Bonchev–Trinajstić information content (AvgIpc) is 2.89. The second-order valence-electron chi connectivity index (χ2n) is 10.7. The van der Waals surface area contributed by atoms with Crippen LogP contribution in [0.3, 0.4) is 0 Å². The summed E-state index contributed by atoms with van der Waals surface area (Å²) in [4.78, 5) is 24.5. The summed E-state index contributed by atoms with van der Waals surface area (Å²) in [5.74, 6) is 0.865. The van der Waals surface area contributed by atoms with Gasteiger partial charge in [0.15, 0.2) is 5.75 Å². The molecule has 4 aromatic rings. The molecule has 0 saturated carbocycles. The van der Waals surface area contributed by atoms with Crippen LogP contribution in [0.5, 0.6) is 11.5 Å². The Labute approximate surface area is 218 Å². The van der Waals surface area contributed by atoms with Crippen LogP contribution < -0.4 is 31.0 Å². The molecule has 1 atom stereocenters. The number of ether oxygens (including phenoxy) is 2. The fourth-order valence-corrected chi connectivity index (χ4v) is 4.28. The molecule has 0 aromatic heterocycles. The van der Waals surface area contributed by atoms with E-state index in [1.807, 2.05) is 87.5 Å². The summed E-state index contributed by atoms with van der Waals surface area (Å²) in [6.45, 7) is 9.83. The molecule has 4 rings (SSSR count). The number of benzene rings is 3. The predicted octanol–water partition coefficient (Wildman–Crippen LogP) is 5.83. The first-order valence-corrected chi connectivity index (χ1v) is 12.3. The number of nitrogens with one attached hydrogen (secondary N) is 2. The van der Waals surface area contributed by atoms with E-state index in [0.29, 0.717) is 5.69 Å². The number of rotatable bonds is 9. The first-order chi connectivity index (χ1) is 17.5. The zero-order valence-corrected chi connectivity index (χ0v) is 22.2. The maximum atomic E-state index is 12.3. The lowest BCUT2D eigenvalue weighted by molar-refractivity contribution is 0.128. The van der Waals surface area contributed by atoms with Gasteiger partial charge < -0.3 is 14.8 Å². The summed E-state index contributed by atoms with van der Waals surface area (Å²) in [7, 11) is 1.65. The largest absolute Gasteiger partial charge is 0.497 e. The Morgan fingerprint density at radius 1 is 0.757 bits per heavy atom. The van der Waals surface area contributed by atoms with Crippen molar-refractivity contribution in [1.29, 1.82) is 0 Å². The quantitative estimate of drug-likeness (QED) is 0.283. The normalized spacial score (nSPS) is 12.8. The van der Waals surface area contributed by atoms with Gasteiger partial charge in [-0.25, -0.2) is 0 Å². The first kappa shape index (κ1) is 26.2. The summed E-state index contributed by atoms with van der Waals surface area (Å²) in [6, 6.07) is 25.9. The van der Waals surface area contributed by atoms with Crippen molar-refractivity contribution < 1.29 is 9.47 Å². The van der Waals surface area contributed by atoms with Gasteiger partial charge in [0.05, 0.1) is 13.2 Å². The van der Waals surface area contributed by atoms with Gasteiger partial charge in [-0.1, -0.05) is 54.6 Å². The van der Waals surface area contributed by atoms with Gasteiger partial charge in [0.1, 0.15) is 17.0 Å². The minimum Gasteiger partial charge on any atom is -0.497 e. The van der Waals surface area contributed by atoms with Crippen LogP contribution in [0.2, 0.25) is 0 Å². The molecule has 37 heavy (non-hydrogen) atoms. The molecule has 0 amide bonds. The van der Waals surface area contributed by atoms with Crippen molar-refractivity contribution in [3.05, 3.63) is 116 Å². The highest BCUT2D eigenvalue weighted by Gasteiger charge is 2.28. The maximum Gasteiger partial charge on any atom is 0.272 e. The molecule has 1 unspecified atom stereocenters. The van der Waals surface area contributed by atoms with Crippen molar-refractivity contribution in [2.75, 3.05) is 12.4 Å². The Kier molecular flexibility index (Phi) is 7.23. The Hall–Kier alpha value is -3.90. The summed E-state index contributed by atoms with van der Waals surface area (Å²) in [5.41, 5.74) is 2.00. The van der Waals surface area contributed by atoms with Crippen LogP contribution in [0.4, 0.5) is 11.4 Å². The summed E-state index contributed by atoms with van der Waals surface area (Å²) >= 11 is 0. The molecular formula is C31H34N2O4. The molecule has 6 heteroatoms. The van der Waals surface area contributed by atoms with Gasteiger partial charge in [0.25, 0.3) is 10.9 Å². The summed E-state index contributed by atoms with van der Waals surface area (Å²) in [6.07, 6.45) is 0. The minimum absolute atomic E-state index is 0.0814. The van der Waals surface area contributed by atoms with Crippen LogP contribution in [0.25, 0.3) is 0 Å². The van der Waals surface area contributed by atoms with E-state index >= 15 is 0 Å². The van der Waals surface area contributed by atoms with Crippen molar-refractivity contribution in [2.24, 2.45) is 0 Å². The van der Waals surface area contributed by atoms with E-state index < -0.39 is 16.5 Å². The van der Waals surface area contributed by atoms with Gasteiger partial charge in [-0.15, -0.1) is 0 Å². The average molecular weight is 499 g/mol. The number of anilines is 2. The Balaban J connectivity index is 1.70. The molecule has 0 saturated heterocycles. The highest BCUT2D eigenvalue weighted by atomic mass is 16.5. The molecule has 2 N–H and O–H groups in total. The standard InChI is InChI=1S/C31H34N2O4/c1-30(2,3)37-29-26(27(34)28(29)35)32-23-14-10-11-21(19-23)25(20-15-17-24(36-6)18-16-20)33-31(4,5)22-12-8-7-9-13-22/h7-19,25,32-33H,1-6H3.